The molecule has 0 spiro atoms. The highest BCUT2D eigenvalue weighted by Crippen LogP contribution is 2.14. The van der Waals surface area contributed by atoms with Crippen LogP contribution in [0.4, 0.5) is 10.6 Å². The van der Waals surface area contributed by atoms with Crippen molar-refractivity contribution in [3.05, 3.63) is 46.1 Å². The maximum atomic E-state index is 12.5. The minimum absolute atomic E-state index is 0.192. The van der Waals surface area contributed by atoms with Crippen LogP contribution in [0.15, 0.2) is 39.3 Å². The number of carbonyl (C=O) groups excluding carboxylic acids is 1. The fourth-order valence-corrected chi connectivity index (χ4v) is 2.26. The first-order valence-corrected chi connectivity index (χ1v) is 8.12. The van der Waals surface area contributed by atoms with Gasteiger partial charge < -0.3 is 14.3 Å². The highest BCUT2D eigenvalue weighted by Gasteiger charge is 2.16. The molecule has 0 bridgehead atoms. The third kappa shape index (κ3) is 5.69. The Bertz CT molecular complexity index is 640. The molecular weight excluding hydrogens is 360 g/mol. The number of likely N-dealkylation sites (N-methyl/N-ethyl adjacent to an activating group) is 1. The summed E-state index contributed by atoms with van der Waals surface area (Å²) in [6.45, 7) is 3.71. The molecule has 2 amide bonds. The number of carbonyl (C=O) groups is 1. The van der Waals surface area contributed by atoms with E-state index in [-0.39, 0.29) is 6.03 Å². The number of anilines is 1. The summed E-state index contributed by atoms with van der Waals surface area (Å²) in [6.07, 6.45) is 0. The molecule has 0 aliphatic rings. The van der Waals surface area contributed by atoms with E-state index < -0.39 is 0 Å². The smallest absolute Gasteiger partial charge is 0.323 e. The van der Waals surface area contributed by atoms with Crippen LogP contribution in [0.25, 0.3) is 0 Å². The Balaban J connectivity index is 2.05. The van der Waals surface area contributed by atoms with E-state index in [1.807, 2.05) is 43.3 Å². The van der Waals surface area contributed by atoms with Gasteiger partial charge >= 0.3 is 6.03 Å². The minimum atomic E-state index is -0.192. The SMILES string of the molecule is Cc1cc(NC(=O)N(CCN(C)C)Cc2ccc(Br)cc2)no1. The summed E-state index contributed by atoms with van der Waals surface area (Å²) in [5.41, 5.74) is 1.07. The number of nitrogens with one attached hydrogen (secondary N) is 1. The van der Waals surface area contributed by atoms with Crippen LogP contribution in [-0.2, 0) is 6.54 Å². The first-order chi connectivity index (χ1) is 10.9. The van der Waals surface area contributed by atoms with Crippen molar-refractivity contribution < 1.29 is 9.32 Å². The van der Waals surface area contributed by atoms with E-state index in [2.05, 4.69) is 26.4 Å². The molecule has 1 heterocycles. The molecule has 0 radical (unpaired) electrons. The van der Waals surface area contributed by atoms with Gasteiger partial charge in [0.1, 0.15) is 5.76 Å². The number of hydrogen-bond donors (Lipinski definition) is 1. The van der Waals surface area contributed by atoms with Gasteiger partial charge in [-0.2, -0.15) is 0 Å². The van der Waals surface area contributed by atoms with Gasteiger partial charge in [-0.05, 0) is 38.7 Å². The minimum Gasteiger partial charge on any atom is -0.360 e. The first-order valence-electron chi connectivity index (χ1n) is 7.32. The number of rotatable bonds is 6. The van der Waals surface area contributed by atoms with Crippen molar-refractivity contribution >= 4 is 27.8 Å². The highest BCUT2D eigenvalue weighted by atomic mass is 79.9. The average molecular weight is 381 g/mol. The van der Waals surface area contributed by atoms with Gasteiger partial charge in [0.15, 0.2) is 5.82 Å². The zero-order valence-electron chi connectivity index (χ0n) is 13.5. The lowest BCUT2D eigenvalue weighted by molar-refractivity contribution is 0.202. The van der Waals surface area contributed by atoms with Crippen LogP contribution in [0.2, 0.25) is 0 Å². The van der Waals surface area contributed by atoms with Crippen molar-refractivity contribution in [3.63, 3.8) is 0 Å². The normalized spacial score (nSPS) is 10.8. The maximum absolute atomic E-state index is 12.5. The zero-order valence-corrected chi connectivity index (χ0v) is 15.1. The second kappa shape index (κ2) is 8.12. The summed E-state index contributed by atoms with van der Waals surface area (Å²) in [6, 6.07) is 9.45. The van der Waals surface area contributed by atoms with E-state index in [0.29, 0.717) is 24.7 Å². The number of amides is 2. The summed E-state index contributed by atoms with van der Waals surface area (Å²) in [5.74, 6) is 1.09. The molecule has 2 rings (SSSR count). The van der Waals surface area contributed by atoms with Crippen LogP contribution >= 0.6 is 15.9 Å². The summed E-state index contributed by atoms with van der Waals surface area (Å²) < 4.78 is 6.00. The van der Waals surface area contributed by atoms with E-state index in [1.54, 1.807) is 17.9 Å². The number of nitrogens with zero attached hydrogens (tertiary/aromatic N) is 3. The van der Waals surface area contributed by atoms with Crippen molar-refractivity contribution in [3.8, 4) is 0 Å². The van der Waals surface area contributed by atoms with E-state index in [9.17, 15) is 4.79 Å². The third-order valence-corrected chi connectivity index (χ3v) is 3.78. The molecule has 0 unspecified atom stereocenters. The van der Waals surface area contributed by atoms with Crippen LogP contribution in [0, 0.1) is 6.92 Å². The second-order valence-electron chi connectivity index (χ2n) is 5.60. The molecule has 6 nitrogen and oxygen atoms in total. The van der Waals surface area contributed by atoms with E-state index in [4.69, 9.17) is 4.52 Å². The van der Waals surface area contributed by atoms with Crippen molar-refractivity contribution in [2.75, 3.05) is 32.5 Å². The molecule has 0 aliphatic carbocycles. The highest BCUT2D eigenvalue weighted by molar-refractivity contribution is 9.10. The van der Waals surface area contributed by atoms with Crippen LogP contribution in [0.1, 0.15) is 11.3 Å². The number of aromatic nitrogens is 1. The molecule has 0 atom stereocenters. The average Bonchev–Trinajstić information content (AvgIpc) is 2.90. The number of halogens is 1. The molecule has 0 fully saturated rings. The van der Waals surface area contributed by atoms with Crippen molar-refractivity contribution in [1.29, 1.82) is 0 Å². The lowest BCUT2D eigenvalue weighted by atomic mass is 10.2. The summed E-state index contributed by atoms with van der Waals surface area (Å²) in [7, 11) is 3.97. The number of urea groups is 1. The third-order valence-electron chi connectivity index (χ3n) is 3.25. The molecule has 23 heavy (non-hydrogen) atoms. The van der Waals surface area contributed by atoms with Crippen molar-refractivity contribution in [1.82, 2.24) is 15.0 Å². The van der Waals surface area contributed by atoms with E-state index in [0.717, 1.165) is 16.6 Å². The Hall–Kier alpha value is -1.86. The van der Waals surface area contributed by atoms with Gasteiger partial charge in [0, 0.05) is 30.2 Å². The van der Waals surface area contributed by atoms with E-state index >= 15 is 0 Å². The fourth-order valence-electron chi connectivity index (χ4n) is 2.00. The maximum Gasteiger partial charge on any atom is 0.323 e. The topological polar surface area (TPSA) is 61.6 Å². The molecule has 1 aromatic carbocycles. The van der Waals surface area contributed by atoms with Gasteiger partial charge in [-0.1, -0.05) is 33.2 Å². The number of aryl methyl sites for hydroxylation is 1. The van der Waals surface area contributed by atoms with Gasteiger partial charge in [-0.15, -0.1) is 0 Å². The molecule has 1 N–H and O–H groups in total. The Morgan fingerprint density at radius 3 is 2.52 bits per heavy atom. The molecule has 0 saturated heterocycles. The number of hydrogen-bond acceptors (Lipinski definition) is 4. The quantitative estimate of drug-likeness (QED) is 0.834. The Morgan fingerprint density at radius 2 is 1.96 bits per heavy atom. The predicted molar refractivity (Wildman–Crippen MR) is 93.4 cm³/mol. The molecule has 7 heteroatoms. The van der Waals surface area contributed by atoms with Gasteiger partial charge in [-0.3, -0.25) is 5.32 Å². The van der Waals surface area contributed by atoms with Crippen LogP contribution in [0.5, 0.6) is 0 Å². The summed E-state index contributed by atoms with van der Waals surface area (Å²) in [5, 5.41) is 6.57. The number of benzene rings is 1. The largest absolute Gasteiger partial charge is 0.360 e. The van der Waals surface area contributed by atoms with Crippen molar-refractivity contribution in [2.45, 2.75) is 13.5 Å². The Morgan fingerprint density at radius 1 is 1.26 bits per heavy atom. The summed E-state index contributed by atoms with van der Waals surface area (Å²) in [4.78, 5) is 16.3. The van der Waals surface area contributed by atoms with Crippen LogP contribution in [-0.4, -0.2) is 48.2 Å². The van der Waals surface area contributed by atoms with Gasteiger partial charge in [0.25, 0.3) is 0 Å². The van der Waals surface area contributed by atoms with Gasteiger partial charge in [0.2, 0.25) is 0 Å². The lowest BCUT2D eigenvalue weighted by Crippen LogP contribution is -2.39. The second-order valence-corrected chi connectivity index (χ2v) is 6.52. The van der Waals surface area contributed by atoms with E-state index in [1.165, 1.54) is 0 Å². The zero-order chi connectivity index (χ0) is 16.8. The first kappa shape index (κ1) is 17.5. The van der Waals surface area contributed by atoms with Crippen LogP contribution < -0.4 is 5.32 Å². The monoisotopic (exact) mass is 380 g/mol. The molecule has 1 aromatic heterocycles. The standard InChI is InChI=1S/C16H21BrN4O2/c1-12-10-15(19-23-12)18-16(22)21(9-8-20(2)3)11-13-4-6-14(17)7-5-13/h4-7,10H,8-9,11H2,1-3H3,(H,18,19,22). The van der Waals surface area contributed by atoms with Gasteiger partial charge in [-0.25, -0.2) is 4.79 Å². The van der Waals surface area contributed by atoms with Crippen molar-refractivity contribution in [2.24, 2.45) is 0 Å². The molecule has 124 valence electrons. The summed E-state index contributed by atoms with van der Waals surface area (Å²) >= 11 is 3.42. The molecule has 2 aromatic rings. The van der Waals surface area contributed by atoms with Crippen LogP contribution in [0.3, 0.4) is 0 Å². The molecular formula is C16H21BrN4O2. The van der Waals surface area contributed by atoms with Gasteiger partial charge in [0.05, 0.1) is 0 Å². The Labute approximate surface area is 144 Å². The molecule has 0 saturated carbocycles. The molecule has 0 aliphatic heterocycles. The lowest BCUT2D eigenvalue weighted by Gasteiger charge is -2.24. The predicted octanol–water partition coefficient (Wildman–Crippen LogP) is 3.34. The Kier molecular flexibility index (Phi) is 6.18. The fraction of sp³-hybridized carbons (Fsp3) is 0.375.